The molecule has 2 aromatic rings. The zero-order valence-corrected chi connectivity index (χ0v) is 14.4. The Hall–Kier alpha value is -1.56. The number of rotatable bonds is 6. The van der Waals surface area contributed by atoms with Crippen LogP contribution in [0, 0.1) is 0 Å². The molecule has 1 aromatic carbocycles. The summed E-state index contributed by atoms with van der Waals surface area (Å²) in [6.45, 7) is 2.55. The van der Waals surface area contributed by atoms with Gasteiger partial charge < -0.3 is 10.1 Å². The maximum Gasteiger partial charge on any atom is 0.241 e. The molecule has 0 saturated heterocycles. The monoisotopic (exact) mass is 338 g/mol. The fourth-order valence-electron chi connectivity index (χ4n) is 2.00. The summed E-state index contributed by atoms with van der Waals surface area (Å²) in [7, 11) is 3.50. The van der Waals surface area contributed by atoms with Crippen LogP contribution in [0.15, 0.2) is 36.4 Å². The Morgan fingerprint density at radius 2 is 2.09 bits per heavy atom. The van der Waals surface area contributed by atoms with Crippen molar-refractivity contribution >= 4 is 34.5 Å². The molecule has 0 unspecified atom stereocenters. The SMILES string of the molecule is COc1ccccc1NC(=O)[C@H](C)N(C)Cc1ccc(Cl)s1. The van der Waals surface area contributed by atoms with E-state index in [1.807, 2.05) is 55.3 Å². The van der Waals surface area contributed by atoms with Crippen LogP contribution in [-0.2, 0) is 11.3 Å². The number of thiophene rings is 1. The van der Waals surface area contributed by atoms with E-state index in [2.05, 4.69) is 5.32 Å². The van der Waals surface area contributed by atoms with Crippen LogP contribution in [-0.4, -0.2) is 31.0 Å². The van der Waals surface area contributed by atoms with Crippen molar-refractivity contribution in [3.8, 4) is 5.75 Å². The number of methoxy groups -OCH3 is 1. The predicted octanol–water partition coefficient (Wildman–Crippen LogP) is 3.87. The van der Waals surface area contributed by atoms with Crippen LogP contribution < -0.4 is 10.1 Å². The van der Waals surface area contributed by atoms with E-state index in [1.54, 1.807) is 7.11 Å². The first-order valence-corrected chi connectivity index (χ1v) is 8.09. The number of benzene rings is 1. The molecular weight excluding hydrogens is 320 g/mol. The summed E-state index contributed by atoms with van der Waals surface area (Å²) in [6.07, 6.45) is 0. The van der Waals surface area contributed by atoms with Crippen molar-refractivity contribution in [3.05, 3.63) is 45.6 Å². The highest BCUT2D eigenvalue weighted by Crippen LogP contribution is 2.25. The lowest BCUT2D eigenvalue weighted by Gasteiger charge is -2.23. The molecule has 1 heterocycles. The van der Waals surface area contributed by atoms with Gasteiger partial charge in [0.05, 0.1) is 23.2 Å². The number of hydrogen-bond donors (Lipinski definition) is 1. The zero-order valence-electron chi connectivity index (χ0n) is 12.8. The van der Waals surface area contributed by atoms with Crippen LogP contribution in [0.1, 0.15) is 11.8 Å². The second-order valence-corrected chi connectivity index (χ2v) is 6.79. The maximum atomic E-state index is 12.4. The number of anilines is 1. The molecule has 22 heavy (non-hydrogen) atoms. The molecule has 2 rings (SSSR count). The molecule has 1 N–H and O–H groups in total. The van der Waals surface area contributed by atoms with Gasteiger partial charge in [0.1, 0.15) is 5.75 Å². The largest absolute Gasteiger partial charge is 0.495 e. The number of ether oxygens (including phenoxy) is 1. The highest BCUT2D eigenvalue weighted by molar-refractivity contribution is 7.16. The number of carbonyl (C=O) groups is 1. The lowest BCUT2D eigenvalue weighted by molar-refractivity contribution is -0.120. The first-order valence-electron chi connectivity index (χ1n) is 6.89. The molecule has 0 aliphatic heterocycles. The zero-order chi connectivity index (χ0) is 16.1. The molecule has 0 spiro atoms. The summed E-state index contributed by atoms with van der Waals surface area (Å²) in [5, 5.41) is 2.90. The molecule has 1 atom stereocenters. The second kappa shape index (κ2) is 7.63. The highest BCUT2D eigenvalue weighted by atomic mass is 35.5. The summed E-state index contributed by atoms with van der Waals surface area (Å²) in [4.78, 5) is 15.5. The number of para-hydroxylation sites is 2. The third kappa shape index (κ3) is 4.22. The average molecular weight is 339 g/mol. The summed E-state index contributed by atoms with van der Waals surface area (Å²) >= 11 is 7.46. The van der Waals surface area contributed by atoms with Crippen LogP contribution in [0.4, 0.5) is 5.69 Å². The number of carbonyl (C=O) groups excluding carboxylic acids is 1. The smallest absolute Gasteiger partial charge is 0.241 e. The number of hydrogen-bond acceptors (Lipinski definition) is 4. The van der Waals surface area contributed by atoms with Crippen LogP contribution in [0.2, 0.25) is 4.34 Å². The minimum atomic E-state index is -0.272. The number of amides is 1. The Balaban J connectivity index is 1.99. The van der Waals surface area contributed by atoms with Crippen molar-refractivity contribution in [3.63, 3.8) is 0 Å². The minimum absolute atomic E-state index is 0.0744. The molecule has 0 radical (unpaired) electrons. The standard InChI is InChI=1S/C16H19ClN2O2S/c1-11(19(2)10-12-8-9-15(17)22-12)16(20)18-13-6-4-5-7-14(13)21-3/h4-9,11H,10H2,1-3H3,(H,18,20)/t11-/m0/s1. The Morgan fingerprint density at radius 3 is 2.73 bits per heavy atom. The van der Waals surface area contributed by atoms with Gasteiger partial charge >= 0.3 is 0 Å². The Morgan fingerprint density at radius 1 is 1.36 bits per heavy atom. The highest BCUT2D eigenvalue weighted by Gasteiger charge is 2.19. The van der Waals surface area contributed by atoms with Crippen LogP contribution in [0.3, 0.4) is 0 Å². The Kier molecular flexibility index (Phi) is 5.83. The number of nitrogens with one attached hydrogen (secondary N) is 1. The van der Waals surface area contributed by atoms with E-state index >= 15 is 0 Å². The van der Waals surface area contributed by atoms with Gasteiger partial charge in [-0.1, -0.05) is 23.7 Å². The van der Waals surface area contributed by atoms with Crippen molar-refractivity contribution in [2.75, 3.05) is 19.5 Å². The molecule has 0 bridgehead atoms. The van der Waals surface area contributed by atoms with E-state index in [4.69, 9.17) is 16.3 Å². The number of nitrogens with zero attached hydrogens (tertiary/aromatic N) is 1. The topological polar surface area (TPSA) is 41.6 Å². The van der Waals surface area contributed by atoms with Crippen LogP contribution in [0.5, 0.6) is 5.75 Å². The van der Waals surface area contributed by atoms with E-state index in [0.717, 1.165) is 9.21 Å². The van der Waals surface area contributed by atoms with Gasteiger partial charge in [-0.2, -0.15) is 0 Å². The molecule has 0 saturated carbocycles. The summed E-state index contributed by atoms with van der Waals surface area (Å²) in [5.74, 6) is 0.574. The van der Waals surface area contributed by atoms with Crippen molar-refractivity contribution in [1.82, 2.24) is 4.90 Å². The van der Waals surface area contributed by atoms with E-state index < -0.39 is 0 Å². The quantitative estimate of drug-likeness (QED) is 0.869. The first kappa shape index (κ1) is 16.8. The van der Waals surface area contributed by atoms with Crippen molar-refractivity contribution < 1.29 is 9.53 Å². The average Bonchev–Trinajstić information content (AvgIpc) is 2.92. The van der Waals surface area contributed by atoms with Gasteiger partial charge in [0.2, 0.25) is 5.91 Å². The molecule has 0 aliphatic carbocycles. The molecule has 1 amide bonds. The molecule has 4 nitrogen and oxygen atoms in total. The van der Waals surface area contributed by atoms with Gasteiger partial charge in [0.15, 0.2) is 0 Å². The summed E-state index contributed by atoms with van der Waals surface area (Å²) in [5.41, 5.74) is 0.675. The van der Waals surface area contributed by atoms with Crippen molar-refractivity contribution in [2.24, 2.45) is 0 Å². The fourth-order valence-corrected chi connectivity index (χ4v) is 3.16. The van der Waals surface area contributed by atoms with Gasteiger partial charge in [-0.25, -0.2) is 0 Å². The molecule has 1 aromatic heterocycles. The second-order valence-electron chi connectivity index (χ2n) is 4.99. The van der Waals surface area contributed by atoms with E-state index in [-0.39, 0.29) is 11.9 Å². The van der Waals surface area contributed by atoms with Gasteiger partial charge in [0.25, 0.3) is 0 Å². The minimum Gasteiger partial charge on any atom is -0.495 e. The molecule has 0 fully saturated rings. The summed E-state index contributed by atoms with van der Waals surface area (Å²) in [6, 6.07) is 10.9. The third-order valence-corrected chi connectivity index (χ3v) is 4.66. The Labute approximate surface area is 139 Å². The lowest BCUT2D eigenvalue weighted by Crippen LogP contribution is -2.39. The maximum absolute atomic E-state index is 12.4. The normalized spacial score (nSPS) is 12.2. The van der Waals surface area contributed by atoms with Gasteiger partial charge in [0, 0.05) is 11.4 Å². The molecular formula is C16H19ClN2O2S. The predicted molar refractivity (Wildman–Crippen MR) is 91.9 cm³/mol. The molecule has 6 heteroatoms. The first-order chi connectivity index (χ1) is 10.5. The van der Waals surface area contributed by atoms with Gasteiger partial charge in [-0.05, 0) is 38.2 Å². The lowest BCUT2D eigenvalue weighted by atomic mass is 10.2. The van der Waals surface area contributed by atoms with Crippen molar-refractivity contribution in [1.29, 1.82) is 0 Å². The number of halogens is 1. The summed E-state index contributed by atoms with van der Waals surface area (Å²) < 4.78 is 6.00. The Bertz CT molecular complexity index is 645. The van der Waals surface area contributed by atoms with Gasteiger partial charge in [-0.15, -0.1) is 11.3 Å². The molecule has 118 valence electrons. The van der Waals surface area contributed by atoms with Crippen molar-refractivity contribution in [2.45, 2.75) is 19.5 Å². The van der Waals surface area contributed by atoms with E-state index in [0.29, 0.717) is 18.0 Å². The molecule has 0 aliphatic rings. The number of likely N-dealkylation sites (N-methyl/N-ethyl adjacent to an activating group) is 1. The van der Waals surface area contributed by atoms with E-state index in [9.17, 15) is 4.79 Å². The third-order valence-electron chi connectivity index (χ3n) is 3.44. The van der Waals surface area contributed by atoms with E-state index in [1.165, 1.54) is 11.3 Å². The van der Waals surface area contributed by atoms with Crippen LogP contribution >= 0.6 is 22.9 Å². The van der Waals surface area contributed by atoms with Gasteiger partial charge in [-0.3, -0.25) is 9.69 Å². The van der Waals surface area contributed by atoms with Crippen LogP contribution in [0.25, 0.3) is 0 Å². The fraction of sp³-hybridized carbons (Fsp3) is 0.312.